The van der Waals surface area contributed by atoms with Crippen LogP contribution >= 0.6 is 0 Å². The van der Waals surface area contributed by atoms with Crippen LogP contribution in [-0.2, 0) is 10.9 Å². The van der Waals surface area contributed by atoms with Gasteiger partial charge in [0.15, 0.2) is 11.1 Å². The summed E-state index contributed by atoms with van der Waals surface area (Å²) in [6, 6.07) is 10.9. The van der Waals surface area contributed by atoms with Crippen molar-refractivity contribution in [2.24, 2.45) is 0 Å². The van der Waals surface area contributed by atoms with Crippen molar-refractivity contribution in [2.45, 2.75) is 38.7 Å². The number of allylic oxidation sites excluding steroid dienone is 3. The number of anilines is 2. The lowest BCUT2D eigenvalue weighted by Crippen LogP contribution is -2.31. The highest BCUT2D eigenvalue weighted by molar-refractivity contribution is 5.86. The summed E-state index contributed by atoms with van der Waals surface area (Å²) >= 11 is 0. The van der Waals surface area contributed by atoms with Crippen LogP contribution in [0.1, 0.15) is 25.8 Å². The van der Waals surface area contributed by atoms with E-state index in [4.69, 9.17) is 4.74 Å². The summed E-state index contributed by atoms with van der Waals surface area (Å²) in [5.74, 6) is 0.381. The van der Waals surface area contributed by atoms with E-state index in [0.717, 1.165) is 12.1 Å². The minimum atomic E-state index is -4.77. The van der Waals surface area contributed by atoms with Crippen molar-refractivity contribution in [3.8, 4) is 5.69 Å². The van der Waals surface area contributed by atoms with Crippen LogP contribution in [0.15, 0.2) is 84.3 Å². The molecule has 2 atom stereocenters. The van der Waals surface area contributed by atoms with Gasteiger partial charge in [0.2, 0.25) is 0 Å². The number of benzene rings is 1. The van der Waals surface area contributed by atoms with Gasteiger partial charge in [-0.1, -0.05) is 37.4 Å². The van der Waals surface area contributed by atoms with E-state index < -0.39 is 22.6 Å². The van der Waals surface area contributed by atoms with Gasteiger partial charge in [-0.25, -0.2) is 4.98 Å². The quantitative estimate of drug-likeness (QED) is 0.408. The van der Waals surface area contributed by atoms with Crippen LogP contribution in [0, 0.1) is 0 Å². The van der Waals surface area contributed by atoms with Gasteiger partial charge in [0, 0.05) is 30.5 Å². The molecular weight excluding hydrogens is 481 g/mol. The number of halogens is 3. The van der Waals surface area contributed by atoms with E-state index in [1.165, 1.54) is 16.7 Å². The average molecular weight is 511 g/mol. The van der Waals surface area contributed by atoms with Crippen LogP contribution in [0.2, 0.25) is 0 Å². The van der Waals surface area contributed by atoms with Crippen molar-refractivity contribution >= 4 is 22.7 Å². The molecule has 6 nitrogen and oxygen atoms in total. The van der Waals surface area contributed by atoms with E-state index in [1.54, 1.807) is 41.3 Å². The maximum Gasteiger partial charge on any atom is 0.417 e. The molecule has 4 rings (SSSR count). The second-order valence-corrected chi connectivity index (χ2v) is 8.97. The lowest BCUT2D eigenvalue weighted by molar-refractivity contribution is -0.136. The molecular formula is C28H29F3N4O2. The summed E-state index contributed by atoms with van der Waals surface area (Å²) in [6.45, 7) is 12.1. The average Bonchev–Trinajstić information content (AvgIpc) is 3.02. The summed E-state index contributed by atoms with van der Waals surface area (Å²) in [5, 5.41) is 2.60. The molecule has 1 saturated heterocycles. The fourth-order valence-corrected chi connectivity index (χ4v) is 4.50. The molecule has 0 aliphatic carbocycles. The van der Waals surface area contributed by atoms with E-state index in [1.807, 2.05) is 13.8 Å². The molecule has 9 heteroatoms. The number of rotatable bonds is 6. The third-order valence-corrected chi connectivity index (χ3v) is 6.13. The first-order valence-corrected chi connectivity index (χ1v) is 12.0. The minimum Gasteiger partial charge on any atom is -0.374 e. The highest BCUT2D eigenvalue weighted by atomic mass is 19.4. The summed E-state index contributed by atoms with van der Waals surface area (Å²) in [6.07, 6.45) is 0.334. The number of hydrogen-bond acceptors (Lipinski definition) is 5. The maximum atomic E-state index is 14.4. The number of pyridine rings is 2. The van der Waals surface area contributed by atoms with Gasteiger partial charge in [-0.05, 0) is 50.6 Å². The standard InChI is InChI=1S/C28H29F3N4O2/c1-5-10-20(6-2)32-25-16-23(36)26-22(28(29,30)31)15-24(34-14-13-18(3)37-19(4)17-34)33-27(26)35(25)21-11-8-7-9-12-21/h5-12,15-16,18-19,32H,1-2,13-14,17H2,3-4H3/b20-10+. The molecule has 0 amide bonds. The zero-order valence-electron chi connectivity index (χ0n) is 20.8. The summed E-state index contributed by atoms with van der Waals surface area (Å²) < 4.78 is 50.6. The number of ether oxygens (including phenoxy) is 1. The minimum absolute atomic E-state index is 0.0326. The largest absolute Gasteiger partial charge is 0.417 e. The highest BCUT2D eigenvalue weighted by Crippen LogP contribution is 2.37. The number of hydrogen-bond donors (Lipinski definition) is 1. The molecule has 194 valence electrons. The van der Waals surface area contributed by atoms with Crippen molar-refractivity contribution in [3.05, 3.63) is 95.3 Å². The molecule has 1 aliphatic heterocycles. The Morgan fingerprint density at radius 2 is 1.89 bits per heavy atom. The lowest BCUT2D eigenvalue weighted by atomic mass is 10.1. The van der Waals surface area contributed by atoms with Crippen LogP contribution in [0.3, 0.4) is 0 Å². The van der Waals surface area contributed by atoms with Crippen molar-refractivity contribution in [1.29, 1.82) is 0 Å². The molecule has 2 unspecified atom stereocenters. The van der Waals surface area contributed by atoms with Gasteiger partial charge in [-0.15, -0.1) is 0 Å². The highest BCUT2D eigenvalue weighted by Gasteiger charge is 2.36. The van der Waals surface area contributed by atoms with Gasteiger partial charge >= 0.3 is 6.18 Å². The zero-order valence-corrected chi connectivity index (χ0v) is 20.8. The first-order chi connectivity index (χ1) is 17.6. The van der Waals surface area contributed by atoms with Crippen LogP contribution < -0.4 is 15.6 Å². The molecule has 1 aromatic carbocycles. The number of alkyl halides is 3. The molecule has 1 fully saturated rings. The summed E-state index contributed by atoms with van der Waals surface area (Å²) in [5.41, 5.74) is -0.863. The Balaban J connectivity index is 2.07. The van der Waals surface area contributed by atoms with Gasteiger partial charge in [0.1, 0.15) is 11.6 Å². The third kappa shape index (κ3) is 5.61. The van der Waals surface area contributed by atoms with Gasteiger partial charge in [0.05, 0.1) is 23.2 Å². The lowest BCUT2D eigenvalue weighted by Gasteiger charge is -2.26. The van der Waals surface area contributed by atoms with E-state index in [2.05, 4.69) is 23.5 Å². The Morgan fingerprint density at radius 1 is 1.16 bits per heavy atom. The molecule has 0 radical (unpaired) electrons. The predicted molar refractivity (Wildman–Crippen MR) is 141 cm³/mol. The molecule has 0 saturated carbocycles. The van der Waals surface area contributed by atoms with Gasteiger partial charge in [-0.2, -0.15) is 13.2 Å². The normalized spacial score (nSPS) is 18.9. The van der Waals surface area contributed by atoms with Crippen molar-refractivity contribution in [1.82, 2.24) is 9.55 Å². The Labute approximate surface area is 213 Å². The zero-order chi connectivity index (χ0) is 26.7. The number of fused-ring (bicyclic) bond motifs is 1. The Kier molecular flexibility index (Phi) is 7.54. The summed E-state index contributed by atoms with van der Waals surface area (Å²) in [7, 11) is 0. The fraction of sp³-hybridized carbons (Fsp3) is 0.286. The van der Waals surface area contributed by atoms with Gasteiger partial charge < -0.3 is 15.0 Å². The van der Waals surface area contributed by atoms with E-state index in [0.29, 0.717) is 30.9 Å². The topological polar surface area (TPSA) is 59.4 Å². The Hall–Kier alpha value is -3.85. The first kappa shape index (κ1) is 26.2. The number of nitrogens with one attached hydrogen (secondary N) is 1. The first-order valence-electron chi connectivity index (χ1n) is 12.0. The van der Waals surface area contributed by atoms with Gasteiger partial charge in [0.25, 0.3) is 0 Å². The van der Waals surface area contributed by atoms with Crippen LogP contribution in [0.25, 0.3) is 16.7 Å². The van der Waals surface area contributed by atoms with Crippen molar-refractivity contribution < 1.29 is 17.9 Å². The maximum absolute atomic E-state index is 14.4. The molecule has 2 aromatic heterocycles. The molecule has 1 aliphatic rings. The smallest absolute Gasteiger partial charge is 0.374 e. The van der Waals surface area contributed by atoms with Crippen molar-refractivity contribution in [2.75, 3.05) is 23.3 Å². The molecule has 3 heterocycles. The Bertz CT molecular complexity index is 1400. The predicted octanol–water partition coefficient (Wildman–Crippen LogP) is 6.08. The van der Waals surface area contributed by atoms with E-state index in [-0.39, 0.29) is 29.5 Å². The number of nitrogens with zero attached hydrogens (tertiary/aromatic N) is 3. The second-order valence-electron chi connectivity index (χ2n) is 8.97. The van der Waals surface area contributed by atoms with Crippen LogP contribution in [0.5, 0.6) is 0 Å². The Morgan fingerprint density at radius 3 is 2.54 bits per heavy atom. The second kappa shape index (κ2) is 10.6. The molecule has 3 aromatic rings. The van der Waals surface area contributed by atoms with Crippen LogP contribution in [-0.4, -0.2) is 34.8 Å². The SMILES string of the molecule is C=C/C=C(\C=C)Nc1cc(=O)c2c(C(F)(F)F)cc(N3CCC(C)OC(C)C3)nc2n1-c1ccccc1. The van der Waals surface area contributed by atoms with E-state index >= 15 is 0 Å². The fourth-order valence-electron chi connectivity index (χ4n) is 4.50. The number of para-hydroxylation sites is 1. The van der Waals surface area contributed by atoms with Crippen molar-refractivity contribution in [3.63, 3.8) is 0 Å². The molecule has 37 heavy (non-hydrogen) atoms. The molecule has 1 N–H and O–H groups in total. The summed E-state index contributed by atoms with van der Waals surface area (Å²) in [4.78, 5) is 19.7. The molecule has 0 bridgehead atoms. The van der Waals surface area contributed by atoms with Gasteiger partial charge in [-0.3, -0.25) is 9.36 Å². The third-order valence-electron chi connectivity index (χ3n) is 6.13. The van der Waals surface area contributed by atoms with E-state index in [9.17, 15) is 18.0 Å². The monoisotopic (exact) mass is 510 g/mol. The van der Waals surface area contributed by atoms with Crippen LogP contribution in [0.4, 0.5) is 24.8 Å². The molecule has 0 spiro atoms. The number of aromatic nitrogens is 2.